The van der Waals surface area contributed by atoms with Gasteiger partial charge in [-0.1, -0.05) is 6.08 Å². The van der Waals surface area contributed by atoms with Crippen molar-refractivity contribution in [2.24, 2.45) is 16.6 Å². The van der Waals surface area contributed by atoms with Crippen molar-refractivity contribution in [2.75, 3.05) is 0 Å². The molecular formula is C14H9F7N2O. The molecule has 1 aliphatic rings. The zero-order valence-electron chi connectivity index (χ0n) is 11.7. The summed E-state index contributed by atoms with van der Waals surface area (Å²) in [5.74, 6) is -4.12. The van der Waals surface area contributed by atoms with Crippen molar-refractivity contribution in [3.63, 3.8) is 0 Å². The van der Waals surface area contributed by atoms with E-state index in [4.69, 9.17) is 5.73 Å². The van der Waals surface area contributed by atoms with E-state index in [0.717, 1.165) is 6.08 Å². The fourth-order valence-corrected chi connectivity index (χ4v) is 1.97. The summed E-state index contributed by atoms with van der Waals surface area (Å²) in [5.41, 5.74) is 2.52. The smallest absolute Gasteiger partial charge is 0.387 e. The van der Waals surface area contributed by atoms with Crippen LogP contribution >= 0.6 is 0 Å². The van der Waals surface area contributed by atoms with Gasteiger partial charge in [0.05, 0.1) is 11.1 Å². The van der Waals surface area contributed by atoms with Crippen molar-refractivity contribution in [1.82, 2.24) is 0 Å². The number of halogens is 7. The molecule has 130 valence electrons. The van der Waals surface area contributed by atoms with Crippen molar-refractivity contribution < 1.29 is 35.5 Å². The fourth-order valence-electron chi connectivity index (χ4n) is 1.97. The Labute approximate surface area is 130 Å². The maximum absolute atomic E-state index is 13.6. The number of aliphatic imine (C=N–C) groups is 1. The molecule has 0 aliphatic heterocycles. The lowest BCUT2D eigenvalue weighted by Gasteiger charge is -2.26. The van der Waals surface area contributed by atoms with Crippen molar-refractivity contribution in [3.05, 3.63) is 46.8 Å². The van der Waals surface area contributed by atoms with Crippen LogP contribution in [0.4, 0.5) is 30.7 Å². The third kappa shape index (κ3) is 3.74. The third-order valence-electron chi connectivity index (χ3n) is 3.34. The number of hydrogen-bond acceptors (Lipinski definition) is 1. The van der Waals surface area contributed by atoms with Gasteiger partial charge in [0.1, 0.15) is 11.7 Å². The summed E-state index contributed by atoms with van der Waals surface area (Å²) in [7, 11) is 0. The van der Waals surface area contributed by atoms with Gasteiger partial charge in [0.25, 0.3) is 5.91 Å². The Hall–Kier alpha value is -2.39. The Morgan fingerprint density at radius 3 is 2.17 bits per heavy atom. The minimum absolute atomic E-state index is 0.129. The van der Waals surface area contributed by atoms with E-state index in [1.165, 1.54) is 0 Å². The van der Waals surface area contributed by atoms with Crippen LogP contribution < -0.4 is 5.73 Å². The van der Waals surface area contributed by atoms with Crippen LogP contribution in [-0.2, 0) is 6.18 Å². The Balaban J connectivity index is 2.17. The predicted octanol–water partition coefficient (Wildman–Crippen LogP) is 3.85. The second-order valence-corrected chi connectivity index (χ2v) is 5.03. The van der Waals surface area contributed by atoms with E-state index in [1.807, 2.05) is 0 Å². The molecule has 0 bridgehead atoms. The SMILES string of the molecule is NC(=NC(=O)c1ccc(C(F)(F)F)cc1F)C1C=C(C(F)(F)F)C1. The maximum atomic E-state index is 13.6. The van der Waals surface area contributed by atoms with Crippen LogP contribution in [-0.4, -0.2) is 17.9 Å². The average Bonchev–Trinajstić information content (AvgIpc) is 2.33. The summed E-state index contributed by atoms with van der Waals surface area (Å²) in [6.45, 7) is 0. The average molecular weight is 354 g/mol. The monoisotopic (exact) mass is 354 g/mol. The van der Waals surface area contributed by atoms with E-state index < -0.39 is 59.0 Å². The Morgan fingerprint density at radius 2 is 1.71 bits per heavy atom. The zero-order valence-corrected chi connectivity index (χ0v) is 11.7. The molecule has 0 spiro atoms. The molecule has 0 aromatic heterocycles. The quantitative estimate of drug-likeness (QED) is 0.380. The predicted molar refractivity (Wildman–Crippen MR) is 69.6 cm³/mol. The van der Waals surface area contributed by atoms with Crippen LogP contribution in [0.15, 0.2) is 34.8 Å². The third-order valence-corrected chi connectivity index (χ3v) is 3.34. The zero-order chi connectivity index (χ0) is 18.3. The summed E-state index contributed by atoms with van der Waals surface area (Å²) >= 11 is 0. The molecule has 1 aliphatic carbocycles. The van der Waals surface area contributed by atoms with Gasteiger partial charge in [-0.2, -0.15) is 31.3 Å². The Morgan fingerprint density at radius 1 is 1.12 bits per heavy atom. The van der Waals surface area contributed by atoms with E-state index in [-0.39, 0.29) is 6.07 Å². The van der Waals surface area contributed by atoms with Crippen molar-refractivity contribution in [1.29, 1.82) is 0 Å². The molecule has 3 nitrogen and oxygen atoms in total. The molecule has 10 heteroatoms. The first kappa shape index (κ1) is 18.0. The van der Waals surface area contributed by atoms with E-state index >= 15 is 0 Å². The van der Waals surface area contributed by atoms with Crippen molar-refractivity contribution in [2.45, 2.75) is 18.8 Å². The molecule has 1 aromatic rings. The lowest BCUT2D eigenvalue weighted by Crippen LogP contribution is -2.33. The van der Waals surface area contributed by atoms with Crippen LogP contribution in [0.1, 0.15) is 22.3 Å². The fraction of sp³-hybridized carbons (Fsp3) is 0.286. The van der Waals surface area contributed by atoms with Gasteiger partial charge in [-0.3, -0.25) is 4.79 Å². The van der Waals surface area contributed by atoms with Gasteiger partial charge in [0.15, 0.2) is 0 Å². The number of carbonyl (C=O) groups excluding carboxylic acids is 1. The molecule has 1 unspecified atom stereocenters. The van der Waals surface area contributed by atoms with Crippen molar-refractivity contribution in [3.8, 4) is 0 Å². The summed E-state index contributed by atoms with van der Waals surface area (Å²) in [4.78, 5) is 15.0. The van der Waals surface area contributed by atoms with Crippen LogP contribution in [0.25, 0.3) is 0 Å². The largest absolute Gasteiger partial charge is 0.416 e. The number of amides is 1. The number of rotatable bonds is 2. The van der Waals surface area contributed by atoms with Crippen LogP contribution in [0.3, 0.4) is 0 Å². The molecule has 0 saturated heterocycles. The van der Waals surface area contributed by atoms with Gasteiger partial charge in [-0.15, -0.1) is 0 Å². The molecule has 2 N–H and O–H groups in total. The summed E-state index contributed by atoms with van der Waals surface area (Å²) in [5, 5.41) is 0. The Kier molecular flexibility index (Phi) is 4.42. The number of nitrogens with two attached hydrogens (primary N) is 1. The number of hydrogen-bond donors (Lipinski definition) is 1. The molecule has 2 rings (SSSR count). The highest BCUT2D eigenvalue weighted by Gasteiger charge is 2.41. The van der Waals surface area contributed by atoms with Gasteiger partial charge >= 0.3 is 12.4 Å². The minimum Gasteiger partial charge on any atom is -0.387 e. The number of alkyl halides is 6. The maximum Gasteiger partial charge on any atom is 0.416 e. The van der Waals surface area contributed by atoms with Gasteiger partial charge in [0, 0.05) is 11.5 Å². The highest BCUT2D eigenvalue weighted by atomic mass is 19.4. The van der Waals surface area contributed by atoms with Gasteiger partial charge in [-0.25, -0.2) is 4.39 Å². The molecule has 0 heterocycles. The standard InChI is InChI=1S/C14H9F7N2O/c15-10-5-7(13(16,17)18)1-2-9(10)12(24)23-11(22)6-3-8(4-6)14(19,20)21/h1-3,5-6H,4H2,(H2,22,23,24). The molecule has 1 aromatic carbocycles. The minimum atomic E-state index is -4.78. The molecule has 1 atom stereocenters. The first-order chi connectivity index (χ1) is 10.9. The molecule has 0 fully saturated rings. The summed E-state index contributed by atoms with van der Waals surface area (Å²) in [6.07, 6.45) is -8.98. The number of carbonyl (C=O) groups is 1. The number of allylic oxidation sites excluding steroid dienone is 1. The first-order valence-corrected chi connectivity index (χ1v) is 6.42. The molecular weight excluding hydrogens is 345 g/mol. The van der Waals surface area contributed by atoms with Crippen molar-refractivity contribution >= 4 is 11.7 Å². The van der Waals surface area contributed by atoms with E-state index in [2.05, 4.69) is 4.99 Å². The van der Waals surface area contributed by atoms with Crippen LogP contribution in [0, 0.1) is 11.7 Å². The second kappa shape index (κ2) is 5.91. The van der Waals surface area contributed by atoms with Crippen LogP contribution in [0.5, 0.6) is 0 Å². The summed E-state index contributed by atoms with van der Waals surface area (Å²) < 4.78 is 87.7. The van der Waals surface area contributed by atoms with Gasteiger partial charge in [0.2, 0.25) is 0 Å². The topological polar surface area (TPSA) is 55.4 Å². The molecule has 0 saturated carbocycles. The number of nitrogens with zero attached hydrogens (tertiary/aromatic N) is 1. The molecule has 1 amide bonds. The highest BCUT2D eigenvalue weighted by Crippen LogP contribution is 2.38. The van der Waals surface area contributed by atoms with E-state index in [0.29, 0.717) is 12.1 Å². The lowest BCUT2D eigenvalue weighted by molar-refractivity contribution is -0.137. The van der Waals surface area contributed by atoms with Crippen LogP contribution in [0.2, 0.25) is 0 Å². The van der Waals surface area contributed by atoms with Gasteiger partial charge < -0.3 is 5.73 Å². The van der Waals surface area contributed by atoms with E-state index in [1.54, 1.807) is 0 Å². The highest BCUT2D eigenvalue weighted by molar-refractivity contribution is 6.04. The first-order valence-electron chi connectivity index (χ1n) is 6.42. The molecule has 0 radical (unpaired) electrons. The number of benzene rings is 1. The lowest BCUT2D eigenvalue weighted by atomic mass is 9.85. The second-order valence-electron chi connectivity index (χ2n) is 5.03. The molecule has 24 heavy (non-hydrogen) atoms. The Bertz CT molecular complexity index is 732. The van der Waals surface area contributed by atoms with Gasteiger partial charge in [-0.05, 0) is 24.6 Å². The number of amidine groups is 1. The summed E-state index contributed by atoms with van der Waals surface area (Å²) in [6, 6.07) is 1.21. The normalized spacial score (nSPS) is 18.9. The van der Waals surface area contributed by atoms with E-state index in [9.17, 15) is 35.5 Å².